The highest BCUT2D eigenvalue weighted by atomic mass is 35.5. The summed E-state index contributed by atoms with van der Waals surface area (Å²) in [5, 5.41) is 2.94. The lowest BCUT2D eigenvalue weighted by atomic mass is 10.7. The third-order valence-electron chi connectivity index (χ3n) is 1.52. The molecule has 1 aromatic rings. The third kappa shape index (κ3) is 4.72. The highest BCUT2D eigenvalue weighted by molar-refractivity contribution is 7.84. The highest BCUT2D eigenvalue weighted by Gasteiger charge is 2.02. The molecule has 0 aliphatic carbocycles. The van der Waals surface area contributed by atoms with Gasteiger partial charge in [-0.2, -0.15) is 15.0 Å². The predicted molar refractivity (Wildman–Crippen MR) is 61.9 cm³/mol. The van der Waals surface area contributed by atoms with E-state index in [2.05, 4.69) is 20.3 Å². The van der Waals surface area contributed by atoms with Gasteiger partial charge in [0.2, 0.25) is 16.5 Å². The Morgan fingerprint density at radius 3 is 2.40 bits per heavy atom. The van der Waals surface area contributed by atoms with Gasteiger partial charge >= 0.3 is 0 Å². The van der Waals surface area contributed by atoms with Gasteiger partial charge in [0.15, 0.2) is 0 Å². The smallest absolute Gasteiger partial charge is 0.228 e. The van der Waals surface area contributed by atoms with E-state index in [1.54, 1.807) is 0 Å². The lowest BCUT2D eigenvalue weighted by molar-refractivity contribution is 0.684. The topological polar surface area (TPSA) is 67.8 Å². The highest BCUT2D eigenvalue weighted by Crippen LogP contribution is 2.08. The third-order valence-corrected chi connectivity index (χ3v) is 3.16. The summed E-state index contributed by atoms with van der Waals surface area (Å²) in [6.07, 6.45) is 0. The molecule has 1 aromatic heterocycles. The number of nitrogens with one attached hydrogen (secondary N) is 1. The molecule has 84 valence electrons. The van der Waals surface area contributed by atoms with Crippen molar-refractivity contribution >= 4 is 39.9 Å². The molecular weight excluding hydrogens is 259 g/mol. The molecule has 1 unspecified atom stereocenters. The normalized spacial score (nSPS) is 12.5. The van der Waals surface area contributed by atoms with Crippen molar-refractivity contribution in [3.63, 3.8) is 0 Å². The molecule has 0 amide bonds. The molecule has 0 radical (unpaired) electrons. The van der Waals surface area contributed by atoms with Crippen molar-refractivity contribution in [3.8, 4) is 0 Å². The second-order valence-electron chi connectivity index (χ2n) is 2.56. The van der Waals surface area contributed by atoms with Gasteiger partial charge in [0.25, 0.3) is 0 Å². The van der Waals surface area contributed by atoms with E-state index >= 15 is 0 Å². The molecule has 0 fully saturated rings. The summed E-state index contributed by atoms with van der Waals surface area (Å²) in [7, 11) is -0.811. The summed E-state index contributed by atoms with van der Waals surface area (Å²) < 4.78 is 11.1. The molecular formula is C7H10Cl2N4OS. The number of halogens is 2. The van der Waals surface area contributed by atoms with Crippen LogP contribution in [0.4, 0.5) is 5.95 Å². The van der Waals surface area contributed by atoms with E-state index in [0.29, 0.717) is 24.0 Å². The Labute approximate surface area is 100 Å². The van der Waals surface area contributed by atoms with E-state index in [1.807, 2.05) is 6.92 Å². The SMILES string of the molecule is CCS(=O)CCNc1nc(Cl)nc(Cl)n1. The van der Waals surface area contributed by atoms with Crippen LogP contribution in [0.25, 0.3) is 0 Å². The summed E-state index contributed by atoms with van der Waals surface area (Å²) in [4.78, 5) is 11.2. The van der Waals surface area contributed by atoms with Gasteiger partial charge in [-0.25, -0.2) is 0 Å². The fourth-order valence-electron chi connectivity index (χ4n) is 0.826. The summed E-state index contributed by atoms with van der Waals surface area (Å²) in [6, 6.07) is 0. The zero-order chi connectivity index (χ0) is 11.3. The second kappa shape index (κ2) is 6.19. The lowest BCUT2D eigenvalue weighted by Gasteiger charge is -2.03. The van der Waals surface area contributed by atoms with E-state index in [0.717, 1.165) is 0 Å². The van der Waals surface area contributed by atoms with E-state index in [4.69, 9.17) is 23.2 Å². The minimum absolute atomic E-state index is 0.0362. The number of nitrogens with zero attached hydrogens (tertiary/aromatic N) is 3. The number of aromatic nitrogens is 3. The van der Waals surface area contributed by atoms with Crippen LogP contribution in [-0.2, 0) is 10.8 Å². The van der Waals surface area contributed by atoms with Crippen LogP contribution in [0.1, 0.15) is 6.92 Å². The van der Waals surface area contributed by atoms with Crippen LogP contribution in [0, 0.1) is 0 Å². The zero-order valence-corrected chi connectivity index (χ0v) is 10.4. The molecule has 0 aliphatic heterocycles. The Morgan fingerprint density at radius 1 is 1.27 bits per heavy atom. The van der Waals surface area contributed by atoms with Gasteiger partial charge in [0.1, 0.15) is 0 Å². The first kappa shape index (κ1) is 12.6. The van der Waals surface area contributed by atoms with Crippen molar-refractivity contribution < 1.29 is 4.21 Å². The number of hydrogen-bond donors (Lipinski definition) is 1. The van der Waals surface area contributed by atoms with Crippen LogP contribution in [0.2, 0.25) is 10.6 Å². The van der Waals surface area contributed by atoms with E-state index in [9.17, 15) is 4.21 Å². The maximum atomic E-state index is 11.1. The van der Waals surface area contributed by atoms with Crippen LogP contribution in [0.3, 0.4) is 0 Å². The molecule has 15 heavy (non-hydrogen) atoms. The van der Waals surface area contributed by atoms with E-state index < -0.39 is 10.8 Å². The van der Waals surface area contributed by atoms with Gasteiger partial charge in [-0.1, -0.05) is 6.92 Å². The average molecular weight is 269 g/mol. The molecule has 5 nitrogen and oxygen atoms in total. The summed E-state index contributed by atoms with van der Waals surface area (Å²) >= 11 is 11.1. The van der Waals surface area contributed by atoms with E-state index in [-0.39, 0.29) is 10.6 Å². The van der Waals surface area contributed by atoms with Gasteiger partial charge in [0.05, 0.1) is 0 Å². The van der Waals surface area contributed by atoms with Crippen molar-refractivity contribution in [2.24, 2.45) is 0 Å². The van der Waals surface area contributed by atoms with Crippen molar-refractivity contribution in [2.45, 2.75) is 6.92 Å². The van der Waals surface area contributed by atoms with Crippen molar-refractivity contribution in [2.75, 3.05) is 23.4 Å². The van der Waals surface area contributed by atoms with Gasteiger partial charge in [-0.05, 0) is 23.2 Å². The minimum Gasteiger partial charge on any atom is -0.353 e. The van der Waals surface area contributed by atoms with Crippen LogP contribution < -0.4 is 5.32 Å². The summed E-state index contributed by atoms with van der Waals surface area (Å²) in [6.45, 7) is 2.38. The van der Waals surface area contributed by atoms with Crippen molar-refractivity contribution in [1.82, 2.24) is 15.0 Å². The average Bonchev–Trinajstić information content (AvgIpc) is 2.16. The monoisotopic (exact) mass is 268 g/mol. The van der Waals surface area contributed by atoms with Gasteiger partial charge in [-0.15, -0.1) is 0 Å². The molecule has 1 atom stereocenters. The Hall–Kier alpha value is -0.460. The fraction of sp³-hybridized carbons (Fsp3) is 0.571. The standard InChI is InChI=1S/C7H10Cl2N4OS/c1-2-15(14)4-3-10-7-12-5(8)11-6(9)13-7/h2-4H2,1H3,(H,10,11,12,13). The minimum atomic E-state index is -0.811. The molecule has 1 heterocycles. The molecule has 0 spiro atoms. The lowest BCUT2D eigenvalue weighted by Crippen LogP contribution is -2.14. The maximum absolute atomic E-state index is 11.1. The largest absolute Gasteiger partial charge is 0.353 e. The maximum Gasteiger partial charge on any atom is 0.228 e. The quantitative estimate of drug-likeness (QED) is 0.874. The molecule has 8 heteroatoms. The summed E-state index contributed by atoms with van der Waals surface area (Å²) in [5.41, 5.74) is 0. The molecule has 0 saturated carbocycles. The van der Waals surface area contributed by atoms with Gasteiger partial charge in [-0.3, -0.25) is 4.21 Å². The first-order valence-electron chi connectivity index (χ1n) is 4.27. The summed E-state index contributed by atoms with van der Waals surface area (Å²) in [5.74, 6) is 1.48. The second-order valence-corrected chi connectivity index (χ2v) is 5.10. The first-order chi connectivity index (χ1) is 7.11. The van der Waals surface area contributed by atoms with Crippen LogP contribution in [0.5, 0.6) is 0 Å². The molecule has 0 saturated heterocycles. The Balaban J connectivity index is 2.47. The van der Waals surface area contributed by atoms with Crippen molar-refractivity contribution in [1.29, 1.82) is 0 Å². The first-order valence-corrected chi connectivity index (χ1v) is 6.52. The van der Waals surface area contributed by atoms with Gasteiger partial charge in [0, 0.05) is 28.9 Å². The number of anilines is 1. The Kier molecular flexibility index (Phi) is 5.21. The Bertz CT molecular complexity index is 343. The van der Waals surface area contributed by atoms with Crippen LogP contribution in [-0.4, -0.2) is 37.2 Å². The zero-order valence-electron chi connectivity index (χ0n) is 8.04. The molecule has 0 aromatic carbocycles. The molecule has 0 bridgehead atoms. The fourth-order valence-corrected chi connectivity index (χ4v) is 1.81. The predicted octanol–water partition coefficient (Wildman–Crippen LogP) is 1.36. The van der Waals surface area contributed by atoms with Crippen LogP contribution >= 0.6 is 23.2 Å². The molecule has 0 aliphatic rings. The van der Waals surface area contributed by atoms with Crippen molar-refractivity contribution in [3.05, 3.63) is 10.6 Å². The van der Waals surface area contributed by atoms with E-state index in [1.165, 1.54) is 0 Å². The van der Waals surface area contributed by atoms with Crippen LogP contribution in [0.15, 0.2) is 0 Å². The molecule has 1 rings (SSSR count). The van der Waals surface area contributed by atoms with Gasteiger partial charge < -0.3 is 5.32 Å². The number of hydrogen-bond acceptors (Lipinski definition) is 5. The number of rotatable bonds is 5. The Morgan fingerprint density at radius 2 is 1.87 bits per heavy atom. The molecule has 1 N–H and O–H groups in total.